The highest BCUT2D eigenvalue weighted by molar-refractivity contribution is 9.11. The van der Waals surface area contributed by atoms with Crippen LogP contribution >= 0.6 is 47.8 Å². The Morgan fingerprint density at radius 2 is 0.426 bits per heavy atom. The van der Waals surface area contributed by atoms with Crippen LogP contribution in [0.1, 0.15) is 152 Å². The number of hydrogen-bond acceptors (Lipinski definition) is 5. The van der Waals surface area contributed by atoms with Gasteiger partial charge in [-0.05, 0) is 123 Å². The van der Waals surface area contributed by atoms with Crippen LogP contribution in [0.25, 0.3) is 0 Å². The molecule has 0 aliphatic rings. The van der Waals surface area contributed by atoms with E-state index in [0.717, 1.165) is 78.9 Å². The molecule has 0 aliphatic heterocycles. The van der Waals surface area contributed by atoms with Crippen molar-refractivity contribution in [3.63, 3.8) is 0 Å². The molecule has 0 aromatic heterocycles. The largest absolute Gasteiger partial charge is 0.317 e. The molecule has 8 heteroatoms. The minimum Gasteiger partial charge on any atom is -0.317 e. The van der Waals surface area contributed by atoms with Gasteiger partial charge in [0.25, 0.3) is 0 Å². The standard InChI is InChI=1S/3C6H5Br.3C5H13N.2C4H11N.6C2H6/c3*7-6-4-2-1-3-5-6;3*1-4-6(3)5-2;2*1-3-5-4-2;6*1-2/h3*1-5H;3*4-5H2,1-3H3;2*5H,3-4H2,1-2H3;6*1-2H3. The molecule has 0 unspecified atom stereocenters. The van der Waals surface area contributed by atoms with E-state index in [1.165, 1.54) is 0 Å². The molecule has 370 valence electrons. The van der Waals surface area contributed by atoms with Gasteiger partial charge in [0, 0.05) is 13.4 Å². The number of nitrogens with zero attached hydrogens (tertiary/aromatic N) is 3. The molecule has 0 bridgehead atoms. The van der Waals surface area contributed by atoms with Gasteiger partial charge in [-0.25, -0.2) is 0 Å². The van der Waals surface area contributed by atoms with E-state index in [1.54, 1.807) is 0 Å². The Balaban J connectivity index is -0.0000000503. The number of rotatable bonds is 10. The molecular formula is C53H112Br3N5. The third-order valence-corrected chi connectivity index (χ3v) is 8.02. The van der Waals surface area contributed by atoms with Gasteiger partial charge in [-0.15, -0.1) is 0 Å². The van der Waals surface area contributed by atoms with Crippen LogP contribution in [0.5, 0.6) is 0 Å². The summed E-state index contributed by atoms with van der Waals surface area (Å²) in [5.74, 6) is 0. The van der Waals surface area contributed by atoms with Crippen molar-refractivity contribution in [3.8, 4) is 0 Å². The number of benzene rings is 3. The van der Waals surface area contributed by atoms with E-state index in [2.05, 4.69) is 164 Å². The number of halogens is 3. The Hall–Kier alpha value is -1.10. The molecule has 61 heavy (non-hydrogen) atoms. The van der Waals surface area contributed by atoms with Gasteiger partial charge in [-0.1, -0.05) is 255 Å². The third-order valence-electron chi connectivity index (χ3n) is 6.44. The van der Waals surface area contributed by atoms with Crippen molar-refractivity contribution in [1.82, 2.24) is 25.3 Å². The fourth-order valence-electron chi connectivity index (χ4n) is 2.41. The molecule has 3 rings (SSSR count). The van der Waals surface area contributed by atoms with Crippen LogP contribution in [0.4, 0.5) is 0 Å². The molecule has 3 aromatic carbocycles. The van der Waals surface area contributed by atoms with E-state index in [4.69, 9.17) is 0 Å². The summed E-state index contributed by atoms with van der Waals surface area (Å²) in [7, 11) is 6.33. The molecule has 5 nitrogen and oxygen atoms in total. The molecule has 0 saturated heterocycles. The lowest BCUT2D eigenvalue weighted by atomic mass is 10.4. The Kier molecular flexibility index (Phi) is 146. The van der Waals surface area contributed by atoms with E-state index in [-0.39, 0.29) is 0 Å². The Morgan fingerprint density at radius 3 is 0.459 bits per heavy atom. The SMILES string of the molecule is Brc1ccccc1.Brc1ccccc1.Brc1ccccc1.CC.CC.CC.CC.CC.CC.CCN(C)CC.CCN(C)CC.CCN(C)CC.CCNCC.CCNCC. The highest BCUT2D eigenvalue weighted by Gasteiger charge is 1.83. The maximum Gasteiger partial charge on any atom is 0.0175 e. The van der Waals surface area contributed by atoms with Crippen molar-refractivity contribution in [2.45, 2.75) is 152 Å². The predicted molar refractivity (Wildman–Crippen MR) is 305 cm³/mol. The highest BCUT2D eigenvalue weighted by atomic mass is 79.9. The first-order chi connectivity index (χ1) is 29.4. The third kappa shape index (κ3) is 126. The normalized spacial score (nSPS) is 7.92. The van der Waals surface area contributed by atoms with Gasteiger partial charge in [-0.3, -0.25) is 0 Å². The molecule has 0 aliphatic carbocycles. The summed E-state index contributed by atoms with van der Waals surface area (Å²) in [5.41, 5.74) is 0. The van der Waals surface area contributed by atoms with Crippen LogP contribution in [0, 0.1) is 0 Å². The summed E-state index contributed by atoms with van der Waals surface area (Å²) in [5, 5.41) is 6.22. The van der Waals surface area contributed by atoms with Crippen LogP contribution in [0.2, 0.25) is 0 Å². The second-order valence-corrected chi connectivity index (χ2v) is 13.0. The average molecular weight is 1060 g/mol. The zero-order chi connectivity index (χ0) is 50.6. The Bertz CT molecular complexity index is 790. The summed E-state index contributed by atoms with van der Waals surface area (Å²) in [6.45, 7) is 56.7. The van der Waals surface area contributed by atoms with Crippen molar-refractivity contribution in [3.05, 3.63) is 104 Å². The molecule has 2 N–H and O–H groups in total. The summed E-state index contributed by atoms with van der Waals surface area (Å²) < 4.78 is 3.40. The molecule has 0 atom stereocenters. The zero-order valence-corrected chi connectivity index (χ0v) is 50.5. The van der Waals surface area contributed by atoms with Crippen molar-refractivity contribution >= 4 is 47.8 Å². The molecular weight excluding hydrogens is 946 g/mol. The molecule has 0 fully saturated rings. The molecule has 0 saturated carbocycles. The fourth-order valence-corrected chi connectivity index (χ4v) is 3.33. The van der Waals surface area contributed by atoms with Crippen molar-refractivity contribution in [1.29, 1.82) is 0 Å². The molecule has 3 aromatic rings. The Labute approximate surface area is 413 Å². The van der Waals surface area contributed by atoms with E-state index in [1.807, 2.05) is 174 Å². The van der Waals surface area contributed by atoms with Gasteiger partial charge in [-0.2, -0.15) is 0 Å². The predicted octanol–water partition coefficient (Wildman–Crippen LogP) is 17.6. The van der Waals surface area contributed by atoms with Crippen molar-refractivity contribution in [2.75, 3.05) is 86.6 Å². The molecule has 0 radical (unpaired) electrons. The molecule has 0 amide bonds. The minimum absolute atomic E-state index is 1.09. The van der Waals surface area contributed by atoms with Crippen LogP contribution in [-0.4, -0.2) is 101 Å². The summed E-state index contributed by atoms with van der Waals surface area (Å²) >= 11 is 9.93. The van der Waals surface area contributed by atoms with E-state index >= 15 is 0 Å². The maximum atomic E-state index is 3.31. The van der Waals surface area contributed by atoms with E-state index < -0.39 is 0 Å². The minimum atomic E-state index is 1.09. The highest BCUT2D eigenvalue weighted by Crippen LogP contribution is 2.06. The second kappa shape index (κ2) is 102. The van der Waals surface area contributed by atoms with Gasteiger partial charge < -0.3 is 25.3 Å². The van der Waals surface area contributed by atoms with Crippen LogP contribution in [0.15, 0.2) is 104 Å². The van der Waals surface area contributed by atoms with E-state index in [0.29, 0.717) is 0 Å². The zero-order valence-electron chi connectivity index (χ0n) is 45.7. The molecule has 0 spiro atoms. The first-order valence-electron chi connectivity index (χ1n) is 24.0. The summed E-state index contributed by atoms with van der Waals surface area (Å²) in [4.78, 5) is 6.75. The van der Waals surface area contributed by atoms with Crippen LogP contribution in [0.3, 0.4) is 0 Å². The summed E-state index contributed by atoms with van der Waals surface area (Å²) in [6, 6.07) is 29.9. The quantitative estimate of drug-likeness (QED) is 0.211. The van der Waals surface area contributed by atoms with Crippen molar-refractivity contribution < 1.29 is 0 Å². The van der Waals surface area contributed by atoms with Gasteiger partial charge >= 0.3 is 0 Å². The Morgan fingerprint density at radius 1 is 0.295 bits per heavy atom. The van der Waals surface area contributed by atoms with Crippen LogP contribution in [-0.2, 0) is 0 Å². The fraction of sp³-hybridized carbons (Fsp3) is 0.660. The number of nitrogens with one attached hydrogen (secondary N) is 2. The topological polar surface area (TPSA) is 33.8 Å². The lowest BCUT2D eigenvalue weighted by molar-refractivity contribution is 0.373. The number of hydrogen-bond donors (Lipinski definition) is 2. The van der Waals surface area contributed by atoms with Gasteiger partial charge in [0.2, 0.25) is 0 Å². The maximum absolute atomic E-state index is 3.31. The lowest BCUT2D eigenvalue weighted by Crippen LogP contribution is -2.15. The van der Waals surface area contributed by atoms with Gasteiger partial charge in [0.05, 0.1) is 0 Å². The first-order valence-corrected chi connectivity index (χ1v) is 26.4. The van der Waals surface area contributed by atoms with Crippen molar-refractivity contribution in [2.24, 2.45) is 0 Å². The summed E-state index contributed by atoms with van der Waals surface area (Å²) in [6.07, 6.45) is 0. The lowest BCUT2D eigenvalue weighted by Gasteiger charge is -2.07. The average Bonchev–Trinajstić information content (AvgIpc) is 3.34. The first kappa shape index (κ1) is 86.9. The monoisotopic (exact) mass is 1060 g/mol. The molecule has 0 heterocycles. The smallest absolute Gasteiger partial charge is 0.0175 e. The second-order valence-electron chi connectivity index (χ2n) is 10.3. The van der Waals surface area contributed by atoms with Gasteiger partial charge in [0.15, 0.2) is 0 Å². The van der Waals surface area contributed by atoms with Gasteiger partial charge in [0.1, 0.15) is 0 Å². The van der Waals surface area contributed by atoms with Crippen LogP contribution < -0.4 is 10.6 Å². The van der Waals surface area contributed by atoms with E-state index in [9.17, 15) is 0 Å².